The molecule has 0 spiro atoms. The second-order valence-corrected chi connectivity index (χ2v) is 6.27. The standard InChI is InChI=1S/C8H11N3O3S.C6H14N2O2.Na/c1-11(2)8-5-3-7(4-6-8)9-10-15(12,13)14;7-4-2-1-3-5(8)6(9)10;/h3-6H,1-2H3,(H,12,13,14);5H,1-4,7-8H2,(H,9,10);/q;;+1/p-1/b10-9+;;. The SMILES string of the molecule is CN(C)c1ccc(/N=N/S(=O)(=O)[O-])cc1.NCCCCC(N)C(=O)O.[Na+]. The van der Waals surface area contributed by atoms with Gasteiger partial charge >= 0.3 is 35.5 Å². The van der Waals surface area contributed by atoms with Crippen LogP contribution in [0.15, 0.2) is 33.9 Å². The van der Waals surface area contributed by atoms with Crippen molar-refractivity contribution in [2.45, 2.75) is 25.3 Å². The Kier molecular flexibility index (Phi) is 14.7. The number of nitrogens with zero attached hydrogens (tertiary/aromatic N) is 3. The summed E-state index contributed by atoms with van der Waals surface area (Å²) in [7, 11) is -0.904. The summed E-state index contributed by atoms with van der Waals surface area (Å²) in [5.41, 5.74) is 11.7. The van der Waals surface area contributed by atoms with E-state index >= 15 is 0 Å². The monoisotopic (exact) mass is 397 g/mol. The quantitative estimate of drug-likeness (QED) is 0.192. The Morgan fingerprint density at radius 3 is 2.19 bits per heavy atom. The van der Waals surface area contributed by atoms with Crippen molar-refractivity contribution < 1.29 is 52.4 Å². The van der Waals surface area contributed by atoms with Gasteiger partial charge in [0.15, 0.2) is 0 Å². The van der Waals surface area contributed by atoms with Crippen LogP contribution in [0.1, 0.15) is 19.3 Å². The first-order chi connectivity index (χ1) is 11.6. The van der Waals surface area contributed by atoms with Crippen LogP contribution in [0.2, 0.25) is 0 Å². The van der Waals surface area contributed by atoms with E-state index in [1.54, 1.807) is 24.3 Å². The van der Waals surface area contributed by atoms with Crippen molar-refractivity contribution in [3.8, 4) is 0 Å². The molecule has 0 amide bonds. The number of carboxylic acids is 1. The minimum atomic E-state index is -4.65. The molecule has 1 rings (SSSR count). The van der Waals surface area contributed by atoms with Crippen LogP contribution in [-0.4, -0.2) is 50.7 Å². The maximum Gasteiger partial charge on any atom is 1.00 e. The molecule has 0 saturated carbocycles. The van der Waals surface area contributed by atoms with E-state index in [4.69, 9.17) is 16.6 Å². The molecule has 0 radical (unpaired) electrons. The molecule has 0 heterocycles. The molecule has 26 heavy (non-hydrogen) atoms. The van der Waals surface area contributed by atoms with Gasteiger partial charge < -0.3 is 26.0 Å². The van der Waals surface area contributed by atoms with Crippen molar-refractivity contribution in [1.82, 2.24) is 0 Å². The molecule has 0 fully saturated rings. The molecule has 0 aliphatic carbocycles. The summed E-state index contributed by atoms with van der Waals surface area (Å²) in [6.07, 6.45) is 2.16. The molecule has 0 aliphatic heterocycles. The number of nitrogens with two attached hydrogens (primary N) is 2. The first-order valence-corrected chi connectivity index (χ1v) is 8.78. The zero-order valence-electron chi connectivity index (χ0n) is 15.2. The molecule has 0 saturated heterocycles. The third kappa shape index (κ3) is 14.1. The van der Waals surface area contributed by atoms with Crippen LogP contribution in [-0.2, 0) is 15.1 Å². The number of hydrogen-bond acceptors (Lipinski definition) is 8. The summed E-state index contributed by atoms with van der Waals surface area (Å²) in [5, 5.41) is 11.6. The van der Waals surface area contributed by atoms with Crippen molar-refractivity contribution in [3.05, 3.63) is 24.3 Å². The smallest absolute Gasteiger partial charge is 0.728 e. The maximum absolute atomic E-state index is 10.2. The van der Waals surface area contributed by atoms with Gasteiger partial charge in [0, 0.05) is 19.8 Å². The van der Waals surface area contributed by atoms with Crippen molar-refractivity contribution in [3.63, 3.8) is 0 Å². The maximum atomic E-state index is 10.2. The first-order valence-electron chi connectivity index (χ1n) is 7.41. The van der Waals surface area contributed by atoms with Crippen molar-refractivity contribution in [2.75, 3.05) is 25.5 Å². The summed E-state index contributed by atoms with van der Waals surface area (Å²) in [4.78, 5) is 12.0. The predicted octanol–water partition coefficient (Wildman–Crippen LogP) is -2.17. The van der Waals surface area contributed by atoms with Gasteiger partial charge in [-0.05, 0) is 43.7 Å². The summed E-state index contributed by atoms with van der Waals surface area (Å²) in [6.45, 7) is 0.604. The van der Waals surface area contributed by atoms with E-state index in [-0.39, 0.29) is 29.6 Å². The van der Waals surface area contributed by atoms with Crippen LogP contribution in [0.25, 0.3) is 0 Å². The second-order valence-electron chi connectivity index (χ2n) is 5.25. The second kappa shape index (κ2) is 14.0. The fraction of sp³-hybridized carbons (Fsp3) is 0.500. The fourth-order valence-electron chi connectivity index (χ4n) is 1.55. The summed E-state index contributed by atoms with van der Waals surface area (Å²) in [6, 6.07) is 5.91. The van der Waals surface area contributed by atoms with Crippen LogP contribution in [0, 0.1) is 0 Å². The zero-order valence-corrected chi connectivity index (χ0v) is 18.0. The van der Waals surface area contributed by atoms with Gasteiger partial charge in [0.25, 0.3) is 0 Å². The number of benzene rings is 1. The molecule has 142 valence electrons. The first kappa shape index (κ1) is 27.1. The molecule has 5 N–H and O–H groups in total. The van der Waals surface area contributed by atoms with Gasteiger partial charge in [0.2, 0.25) is 10.3 Å². The Morgan fingerprint density at radius 1 is 1.27 bits per heavy atom. The number of rotatable bonds is 8. The number of carbonyl (C=O) groups is 1. The summed E-state index contributed by atoms with van der Waals surface area (Å²) in [5.74, 6) is -0.933. The fourth-order valence-corrected chi connectivity index (χ4v) is 1.74. The minimum Gasteiger partial charge on any atom is -0.728 e. The third-order valence-electron chi connectivity index (χ3n) is 2.91. The molecule has 10 nitrogen and oxygen atoms in total. The zero-order chi connectivity index (χ0) is 19.5. The Hall–Kier alpha value is -1.08. The van der Waals surface area contributed by atoms with Gasteiger partial charge in [-0.3, -0.25) is 4.79 Å². The molecule has 0 aromatic heterocycles. The molecule has 12 heteroatoms. The van der Waals surface area contributed by atoms with Crippen LogP contribution < -0.4 is 45.9 Å². The molecule has 1 atom stereocenters. The van der Waals surface area contributed by atoms with E-state index in [1.165, 1.54) is 0 Å². The number of unbranched alkanes of at least 4 members (excludes halogenated alkanes) is 1. The minimum absolute atomic E-state index is 0. The van der Waals surface area contributed by atoms with E-state index in [2.05, 4.69) is 9.63 Å². The number of hydrogen-bond donors (Lipinski definition) is 3. The van der Waals surface area contributed by atoms with E-state index in [0.717, 1.165) is 18.5 Å². The third-order valence-corrected chi connectivity index (χ3v) is 3.19. The Balaban J connectivity index is 0. The average molecular weight is 397 g/mol. The molecule has 0 bridgehead atoms. The number of anilines is 1. The topological polar surface area (TPSA) is 174 Å². The van der Waals surface area contributed by atoms with Gasteiger partial charge in [-0.25, -0.2) is 8.42 Å². The van der Waals surface area contributed by atoms with E-state index < -0.39 is 22.3 Å². The number of carboxylic acid groups (broad SMARTS) is 1. The Labute approximate surface area is 175 Å². The van der Waals surface area contributed by atoms with E-state index in [0.29, 0.717) is 18.7 Å². The number of aliphatic carboxylic acids is 1. The van der Waals surface area contributed by atoms with Crippen LogP contribution in [0.3, 0.4) is 0 Å². The molecular formula is C14H24N5NaO5S. The van der Waals surface area contributed by atoms with Crippen LogP contribution >= 0.6 is 0 Å². The van der Waals surface area contributed by atoms with Gasteiger partial charge in [-0.2, -0.15) is 0 Å². The van der Waals surface area contributed by atoms with Crippen molar-refractivity contribution in [1.29, 1.82) is 0 Å². The molecule has 1 unspecified atom stereocenters. The van der Waals surface area contributed by atoms with Crippen molar-refractivity contribution in [2.24, 2.45) is 21.1 Å². The molecular weight excluding hydrogens is 373 g/mol. The van der Waals surface area contributed by atoms with E-state index in [9.17, 15) is 17.8 Å². The summed E-state index contributed by atoms with van der Waals surface area (Å²) < 4.78 is 33.1. The van der Waals surface area contributed by atoms with Gasteiger partial charge in [0.1, 0.15) is 6.04 Å². The summed E-state index contributed by atoms with van der Waals surface area (Å²) >= 11 is 0. The van der Waals surface area contributed by atoms with Crippen LogP contribution in [0.5, 0.6) is 0 Å². The van der Waals surface area contributed by atoms with Crippen LogP contribution in [0.4, 0.5) is 11.4 Å². The molecule has 1 aromatic rings. The largest absolute Gasteiger partial charge is 1.00 e. The predicted molar refractivity (Wildman–Crippen MR) is 93.5 cm³/mol. The van der Waals surface area contributed by atoms with Gasteiger partial charge in [-0.15, -0.1) is 5.11 Å². The molecule has 0 aliphatic rings. The normalized spacial score (nSPS) is 11.9. The Morgan fingerprint density at radius 2 is 1.81 bits per heavy atom. The van der Waals surface area contributed by atoms with Gasteiger partial charge in [0.05, 0.1) is 5.69 Å². The molecule has 1 aromatic carbocycles. The Bertz CT molecular complexity index is 652. The van der Waals surface area contributed by atoms with E-state index in [1.807, 2.05) is 19.0 Å². The average Bonchev–Trinajstić information content (AvgIpc) is 2.53. The van der Waals surface area contributed by atoms with Gasteiger partial charge in [-0.1, -0.05) is 10.9 Å². The van der Waals surface area contributed by atoms with Crippen molar-refractivity contribution >= 4 is 27.6 Å².